The van der Waals surface area contributed by atoms with E-state index in [1.165, 1.54) is 25.1 Å². The number of anilines is 1. The van der Waals surface area contributed by atoms with Crippen molar-refractivity contribution in [2.75, 3.05) is 5.73 Å². The Kier molecular flexibility index (Phi) is 5.06. The van der Waals surface area contributed by atoms with Crippen LogP contribution < -0.4 is 5.73 Å². The number of nitrogens with two attached hydrogens (primary N) is 1. The van der Waals surface area contributed by atoms with Gasteiger partial charge in [-0.25, -0.2) is 4.79 Å². The molecule has 22 heavy (non-hydrogen) atoms. The van der Waals surface area contributed by atoms with Crippen LogP contribution in [0.25, 0.3) is 0 Å². The summed E-state index contributed by atoms with van der Waals surface area (Å²) >= 11 is 11.6. The molecule has 0 saturated carbocycles. The highest BCUT2D eigenvalue weighted by molar-refractivity contribution is 6.33. The van der Waals surface area contributed by atoms with E-state index in [1.807, 2.05) is 0 Å². The highest BCUT2D eigenvalue weighted by Gasteiger charge is 2.20. The van der Waals surface area contributed by atoms with Crippen LogP contribution >= 0.6 is 23.2 Å². The van der Waals surface area contributed by atoms with E-state index in [4.69, 9.17) is 33.7 Å². The summed E-state index contributed by atoms with van der Waals surface area (Å²) in [5.41, 5.74) is 6.56. The molecule has 0 aromatic heterocycles. The number of ketones is 1. The summed E-state index contributed by atoms with van der Waals surface area (Å²) in [5.74, 6) is -0.954. The number of nitrogen functional groups attached to an aromatic ring is 1. The van der Waals surface area contributed by atoms with Crippen LogP contribution in [0.3, 0.4) is 0 Å². The number of esters is 1. The van der Waals surface area contributed by atoms with Crippen LogP contribution in [0.1, 0.15) is 27.6 Å². The Labute approximate surface area is 137 Å². The zero-order valence-corrected chi connectivity index (χ0v) is 13.2. The minimum Gasteiger partial charge on any atom is -0.451 e. The molecule has 0 amide bonds. The zero-order valence-electron chi connectivity index (χ0n) is 11.7. The lowest BCUT2D eigenvalue weighted by atomic mass is 10.1. The smallest absolute Gasteiger partial charge is 0.338 e. The van der Waals surface area contributed by atoms with Crippen LogP contribution in [-0.4, -0.2) is 17.9 Å². The first-order valence-electron chi connectivity index (χ1n) is 6.44. The van der Waals surface area contributed by atoms with Gasteiger partial charge in [0.25, 0.3) is 0 Å². The number of carbonyl (C=O) groups excluding carboxylic acids is 2. The second kappa shape index (κ2) is 6.81. The van der Waals surface area contributed by atoms with Crippen LogP contribution in [0.2, 0.25) is 10.0 Å². The first-order chi connectivity index (χ1) is 10.4. The van der Waals surface area contributed by atoms with Crippen molar-refractivity contribution >= 4 is 40.6 Å². The van der Waals surface area contributed by atoms with E-state index in [0.29, 0.717) is 15.6 Å². The Morgan fingerprint density at radius 2 is 1.64 bits per heavy atom. The van der Waals surface area contributed by atoms with Crippen molar-refractivity contribution in [3.8, 4) is 0 Å². The number of rotatable bonds is 4. The summed E-state index contributed by atoms with van der Waals surface area (Å²) < 4.78 is 5.16. The highest BCUT2D eigenvalue weighted by atomic mass is 35.5. The molecule has 2 rings (SSSR count). The van der Waals surface area contributed by atoms with Crippen molar-refractivity contribution in [2.45, 2.75) is 13.0 Å². The molecule has 0 unspecified atom stereocenters. The summed E-state index contributed by atoms with van der Waals surface area (Å²) in [6, 6.07) is 10.8. The topological polar surface area (TPSA) is 69.4 Å². The second-order valence-corrected chi connectivity index (χ2v) is 5.50. The number of benzene rings is 2. The lowest BCUT2D eigenvalue weighted by Gasteiger charge is -2.13. The van der Waals surface area contributed by atoms with E-state index in [-0.39, 0.29) is 17.0 Å². The summed E-state index contributed by atoms with van der Waals surface area (Å²) in [7, 11) is 0. The van der Waals surface area contributed by atoms with Crippen LogP contribution in [0, 0.1) is 0 Å². The Bertz CT molecular complexity index is 714. The van der Waals surface area contributed by atoms with Crippen molar-refractivity contribution < 1.29 is 14.3 Å². The Hall–Kier alpha value is -2.04. The molecular weight excluding hydrogens is 325 g/mol. The Morgan fingerprint density at radius 1 is 1.05 bits per heavy atom. The van der Waals surface area contributed by atoms with Gasteiger partial charge in [0.05, 0.1) is 16.3 Å². The first kappa shape index (κ1) is 16.3. The third kappa shape index (κ3) is 3.78. The molecule has 0 radical (unpaired) electrons. The summed E-state index contributed by atoms with van der Waals surface area (Å²) in [6.07, 6.45) is -0.925. The average molecular weight is 338 g/mol. The van der Waals surface area contributed by atoms with E-state index in [1.54, 1.807) is 24.3 Å². The van der Waals surface area contributed by atoms with Crippen molar-refractivity contribution in [1.82, 2.24) is 0 Å². The molecule has 0 bridgehead atoms. The summed E-state index contributed by atoms with van der Waals surface area (Å²) in [5, 5.41) is 0.875. The average Bonchev–Trinajstić information content (AvgIpc) is 2.50. The molecule has 114 valence electrons. The van der Waals surface area contributed by atoms with Crippen LogP contribution in [0.5, 0.6) is 0 Å². The number of ether oxygens (including phenoxy) is 1. The van der Waals surface area contributed by atoms with Crippen molar-refractivity contribution in [3.63, 3.8) is 0 Å². The van der Waals surface area contributed by atoms with Crippen LogP contribution in [0.15, 0.2) is 42.5 Å². The van der Waals surface area contributed by atoms with E-state index >= 15 is 0 Å². The molecule has 0 fully saturated rings. The standard InChI is InChI=1S/C16H13Cl2NO3/c1-9(15(20)10-2-5-12(17)6-3-10)22-16(21)11-4-7-13(18)14(19)8-11/h2-9H,19H2,1H3/t9-/m1/s1. The first-order valence-corrected chi connectivity index (χ1v) is 7.20. The van der Waals surface area contributed by atoms with Gasteiger partial charge in [-0.15, -0.1) is 0 Å². The van der Waals surface area contributed by atoms with Gasteiger partial charge in [0.1, 0.15) is 0 Å². The predicted molar refractivity (Wildman–Crippen MR) is 86.5 cm³/mol. The zero-order chi connectivity index (χ0) is 16.3. The fraction of sp³-hybridized carbons (Fsp3) is 0.125. The van der Waals surface area contributed by atoms with Crippen LogP contribution in [0.4, 0.5) is 5.69 Å². The van der Waals surface area contributed by atoms with Crippen molar-refractivity contribution in [1.29, 1.82) is 0 Å². The molecule has 2 aromatic carbocycles. The lowest BCUT2D eigenvalue weighted by molar-refractivity contribution is 0.0319. The van der Waals surface area contributed by atoms with E-state index in [2.05, 4.69) is 0 Å². The summed E-state index contributed by atoms with van der Waals surface area (Å²) in [6.45, 7) is 1.51. The third-order valence-electron chi connectivity index (χ3n) is 3.01. The van der Waals surface area contributed by atoms with Gasteiger partial charge in [-0.2, -0.15) is 0 Å². The SMILES string of the molecule is C[C@@H](OC(=O)c1ccc(Cl)c(N)c1)C(=O)c1ccc(Cl)cc1. The molecule has 6 heteroatoms. The highest BCUT2D eigenvalue weighted by Crippen LogP contribution is 2.20. The number of halogens is 2. The van der Waals surface area contributed by atoms with Gasteiger partial charge < -0.3 is 10.5 Å². The van der Waals surface area contributed by atoms with E-state index in [0.717, 1.165) is 0 Å². The molecule has 1 atom stereocenters. The minimum absolute atomic E-state index is 0.234. The maximum atomic E-state index is 12.2. The molecule has 0 heterocycles. The van der Waals surface area contributed by atoms with E-state index < -0.39 is 12.1 Å². The molecule has 0 aliphatic rings. The molecule has 2 N–H and O–H groups in total. The van der Waals surface area contributed by atoms with Crippen LogP contribution in [-0.2, 0) is 4.74 Å². The number of hydrogen-bond acceptors (Lipinski definition) is 4. The molecule has 0 saturated heterocycles. The van der Waals surface area contributed by atoms with Gasteiger partial charge in [0.15, 0.2) is 6.10 Å². The third-order valence-corrected chi connectivity index (χ3v) is 3.61. The molecule has 2 aromatic rings. The van der Waals surface area contributed by atoms with Gasteiger partial charge in [-0.1, -0.05) is 23.2 Å². The van der Waals surface area contributed by atoms with Gasteiger partial charge >= 0.3 is 5.97 Å². The second-order valence-electron chi connectivity index (χ2n) is 4.65. The fourth-order valence-electron chi connectivity index (χ4n) is 1.80. The molecular formula is C16H13Cl2NO3. The van der Waals surface area contributed by atoms with Crippen molar-refractivity contribution in [2.24, 2.45) is 0 Å². The normalized spacial score (nSPS) is 11.8. The van der Waals surface area contributed by atoms with Gasteiger partial charge in [0, 0.05) is 10.6 Å². The van der Waals surface area contributed by atoms with Gasteiger partial charge in [0.2, 0.25) is 5.78 Å². The molecule has 4 nitrogen and oxygen atoms in total. The maximum absolute atomic E-state index is 12.2. The summed E-state index contributed by atoms with van der Waals surface area (Å²) in [4.78, 5) is 24.2. The van der Waals surface area contributed by atoms with Gasteiger partial charge in [-0.3, -0.25) is 4.79 Å². The minimum atomic E-state index is -0.925. The number of hydrogen-bond donors (Lipinski definition) is 1. The molecule has 0 aliphatic heterocycles. The number of carbonyl (C=O) groups is 2. The number of Topliss-reactive ketones (excluding diaryl/α,β-unsaturated/α-hetero) is 1. The fourth-order valence-corrected chi connectivity index (χ4v) is 2.05. The molecule has 0 aliphatic carbocycles. The van der Waals surface area contributed by atoms with Crippen molar-refractivity contribution in [3.05, 3.63) is 63.6 Å². The van der Waals surface area contributed by atoms with E-state index in [9.17, 15) is 9.59 Å². The maximum Gasteiger partial charge on any atom is 0.338 e. The Balaban J connectivity index is 2.08. The molecule has 0 spiro atoms. The Morgan fingerprint density at radius 3 is 2.23 bits per heavy atom. The largest absolute Gasteiger partial charge is 0.451 e. The quantitative estimate of drug-likeness (QED) is 0.520. The lowest BCUT2D eigenvalue weighted by Crippen LogP contribution is -2.24. The van der Waals surface area contributed by atoms with Gasteiger partial charge in [-0.05, 0) is 49.4 Å². The monoisotopic (exact) mass is 337 g/mol. The predicted octanol–water partition coefficient (Wildman–Crippen LogP) is 4.00.